The minimum atomic E-state index is 0.106. The van der Waals surface area contributed by atoms with Crippen molar-refractivity contribution >= 4 is 11.8 Å². The normalized spacial score (nSPS) is 20.2. The highest BCUT2D eigenvalue weighted by molar-refractivity contribution is 5.80. The van der Waals surface area contributed by atoms with E-state index in [1.165, 1.54) is 0 Å². The lowest BCUT2D eigenvalue weighted by Gasteiger charge is -2.41. The number of amides is 2. The van der Waals surface area contributed by atoms with Crippen LogP contribution in [-0.4, -0.2) is 65.4 Å². The first-order valence-corrected chi connectivity index (χ1v) is 10.4. The van der Waals surface area contributed by atoms with E-state index < -0.39 is 0 Å². The van der Waals surface area contributed by atoms with E-state index in [1.54, 1.807) is 0 Å². The van der Waals surface area contributed by atoms with Gasteiger partial charge >= 0.3 is 0 Å². The van der Waals surface area contributed by atoms with Crippen LogP contribution in [0.4, 0.5) is 0 Å². The van der Waals surface area contributed by atoms with Crippen molar-refractivity contribution < 1.29 is 14.0 Å². The number of hydrogen-bond acceptors (Lipinski definition) is 5. The molecule has 1 aromatic heterocycles. The molecule has 0 radical (unpaired) electrons. The van der Waals surface area contributed by atoms with Crippen LogP contribution in [0.1, 0.15) is 30.8 Å². The van der Waals surface area contributed by atoms with Gasteiger partial charge in [-0.2, -0.15) is 0 Å². The third kappa shape index (κ3) is 4.50. The number of nitrogens with zero attached hydrogens (tertiary/aromatic N) is 3. The molecular formula is C22H28N4O3. The number of piperidine rings is 1. The number of piperazine rings is 1. The fraction of sp³-hybridized carbons (Fsp3) is 0.500. The van der Waals surface area contributed by atoms with Gasteiger partial charge in [0.25, 0.3) is 0 Å². The summed E-state index contributed by atoms with van der Waals surface area (Å²) in [6.45, 7) is 5.27. The molecule has 1 aromatic carbocycles. The van der Waals surface area contributed by atoms with Crippen molar-refractivity contribution in [3.63, 3.8) is 0 Å². The topological polar surface area (TPSA) is 78.7 Å². The lowest BCUT2D eigenvalue weighted by molar-refractivity contribution is -0.140. The van der Waals surface area contributed by atoms with Crippen molar-refractivity contribution in [2.24, 2.45) is 0 Å². The van der Waals surface area contributed by atoms with Gasteiger partial charge in [0.05, 0.1) is 12.2 Å². The number of nitrogens with one attached hydrogen (secondary N) is 1. The predicted molar refractivity (Wildman–Crippen MR) is 109 cm³/mol. The minimum Gasteiger partial charge on any atom is -0.440 e. The third-order valence-corrected chi connectivity index (χ3v) is 5.75. The van der Waals surface area contributed by atoms with Crippen molar-refractivity contribution in [1.82, 2.24) is 20.1 Å². The summed E-state index contributed by atoms with van der Waals surface area (Å²) in [5, 5.41) is 3.11. The molecule has 1 atom stereocenters. The number of oxazole rings is 1. The molecule has 3 heterocycles. The quantitative estimate of drug-likeness (QED) is 0.836. The van der Waals surface area contributed by atoms with E-state index in [4.69, 9.17) is 4.42 Å². The van der Waals surface area contributed by atoms with Crippen molar-refractivity contribution in [2.75, 3.05) is 32.7 Å². The fourth-order valence-electron chi connectivity index (χ4n) is 4.23. The molecule has 2 saturated heterocycles. The van der Waals surface area contributed by atoms with Gasteiger partial charge < -0.3 is 19.5 Å². The van der Waals surface area contributed by atoms with Crippen molar-refractivity contribution in [2.45, 2.75) is 38.6 Å². The predicted octanol–water partition coefficient (Wildman–Crippen LogP) is 2.01. The molecular weight excluding hydrogens is 368 g/mol. The summed E-state index contributed by atoms with van der Waals surface area (Å²) in [7, 11) is 0. The Morgan fingerprint density at radius 3 is 2.90 bits per heavy atom. The zero-order valence-electron chi connectivity index (χ0n) is 16.9. The van der Waals surface area contributed by atoms with Crippen LogP contribution in [0.15, 0.2) is 34.7 Å². The molecule has 2 aliphatic rings. The maximum atomic E-state index is 12.8. The zero-order valence-corrected chi connectivity index (χ0v) is 16.9. The number of rotatable bonds is 5. The van der Waals surface area contributed by atoms with Gasteiger partial charge in [0.2, 0.25) is 11.8 Å². The third-order valence-electron chi connectivity index (χ3n) is 5.75. The molecule has 0 saturated carbocycles. The van der Waals surface area contributed by atoms with Gasteiger partial charge in [0, 0.05) is 50.6 Å². The van der Waals surface area contributed by atoms with Crippen LogP contribution in [0.2, 0.25) is 0 Å². The molecule has 1 unspecified atom stereocenters. The Kier molecular flexibility index (Phi) is 5.94. The first kappa shape index (κ1) is 19.6. The van der Waals surface area contributed by atoms with Gasteiger partial charge in [-0.3, -0.25) is 9.59 Å². The Morgan fingerprint density at radius 1 is 1.28 bits per heavy atom. The summed E-state index contributed by atoms with van der Waals surface area (Å²) in [5.41, 5.74) is 1.84. The molecule has 4 rings (SSSR count). The number of benzene rings is 1. The molecule has 2 aromatic rings. The summed E-state index contributed by atoms with van der Waals surface area (Å²) in [5.74, 6) is 1.61. The highest BCUT2D eigenvalue weighted by atomic mass is 16.4. The highest BCUT2D eigenvalue weighted by Gasteiger charge is 2.31. The SMILES string of the molecule is Cc1nc(CCC(=O)N2CCCC(N3CCNCC3=O)C2)oc1-c1ccccc1. The van der Waals surface area contributed by atoms with Gasteiger partial charge in [-0.25, -0.2) is 4.98 Å². The second-order valence-corrected chi connectivity index (χ2v) is 7.79. The average molecular weight is 396 g/mol. The monoisotopic (exact) mass is 396 g/mol. The largest absolute Gasteiger partial charge is 0.440 e. The highest BCUT2D eigenvalue weighted by Crippen LogP contribution is 2.25. The molecule has 154 valence electrons. The van der Waals surface area contributed by atoms with Crippen LogP contribution in [0.5, 0.6) is 0 Å². The molecule has 2 amide bonds. The summed E-state index contributed by atoms with van der Waals surface area (Å²) in [6, 6.07) is 10.0. The summed E-state index contributed by atoms with van der Waals surface area (Å²) >= 11 is 0. The summed E-state index contributed by atoms with van der Waals surface area (Å²) in [6.07, 6.45) is 2.76. The molecule has 0 bridgehead atoms. The van der Waals surface area contributed by atoms with Crippen LogP contribution in [-0.2, 0) is 16.0 Å². The van der Waals surface area contributed by atoms with Gasteiger partial charge in [-0.15, -0.1) is 0 Å². The van der Waals surface area contributed by atoms with Crippen LogP contribution in [0, 0.1) is 6.92 Å². The van der Waals surface area contributed by atoms with E-state index in [0.29, 0.717) is 31.8 Å². The number of aromatic nitrogens is 1. The molecule has 0 spiro atoms. The van der Waals surface area contributed by atoms with E-state index in [1.807, 2.05) is 47.1 Å². The first-order valence-electron chi connectivity index (χ1n) is 10.4. The van der Waals surface area contributed by atoms with Crippen LogP contribution in [0.3, 0.4) is 0 Å². The second-order valence-electron chi connectivity index (χ2n) is 7.79. The van der Waals surface area contributed by atoms with Crippen LogP contribution in [0.25, 0.3) is 11.3 Å². The Bertz CT molecular complexity index is 864. The molecule has 2 aliphatic heterocycles. The van der Waals surface area contributed by atoms with E-state index in [9.17, 15) is 9.59 Å². The fourth-order valence-corrected chi connectivity index (χ4v) is 4.23. The maximum absolute atomic E-state index is 12.8. The number of carbonyl (C=O) groups is 2. The molecule has 0 aliphatic carbocycles. The maximum Gasteiger partial charge on any atom is 0.236 e. The van der Waals surface area contributed by atoms with Gasteiger partial charge in [-0.05, 0) is 19.8 Å². The lowest BCUT2D eigenvalue weighted by atomic mass is 10.0. The molecule has 2 fully saturated rings. The smallest absolute Gasteiger partial charge is 0.236 e. The average Bonchev–Trinajstić information content (AvgIpc) is 3.13. The minimum absolute atomic E-state index is 0.106. The van der Waals surface area contributed by atoms with Gasteiger partial charge in [0.15, 0.2) is 11.7 Å². The molecule has 7 heteroatoms. The van der Waals surface area contributed by atoms with E-state index in [-0.39, 0.29) is 17.9 Å². The molecule has 7 nitrogen and oxygen atoms in total. The standard InChI is InChI=1S/C22H28N4O3/c1-16-22(17-6-3-2-4-7-17)29-19(24-16)9-10-20(27)25-12-5-8-18(15-25)26-13-11-23-14-21(26)28/h2-4,6-7,18,23H,5,8-15H2,1H3. The number of hydrogen-bond donors (Lipinski definition) is 1. The Hall–Kier alpha value is -2.67. The van der Waals surface area contributed by atoms with Crippen molar-refractivity contribution in [3.8, 4) is 11.3 Å². The zero-order chi connectivity index (χ0) is 20.2. The Morgan fingerprint density at radius 2 is 2.10 bits per heavy atom. The number of carbonyl (C=O) groups excluding carboxylic acids is 2. The summed E-state index contributed by atoms with van der Waals surface area (Å²) in [4.78, 5) is 33.3. The number of likely N-dealkylation sites (tertiary alicyclic amines) is 1. The Labute approximate surface area is 171 Å². The van der Waals surface area contributed by atoms with Gasteiger partial charge in [0.1, 0.15) is 0 Å². The summed E-state index contributed by atoms with van der Waals surface area (Å²) < 4.78 is 5.93. The van der Waals surface area contributed by atoms with E-state index in [0.717, 1.165) is 49.5 Å². The first-order chi connectivity index (χ1) is 14.1. The van der Waals surface area contributed by atoms with Gasteiger partial charge in [-0.1, -0.05) is 30.3 Å². The molecule has 29 heavy (non-hydrogen) atoms. The number of aryl methyl sites for hydroxylation is 2. The van der Waals surface area contributed by atoms with Crippen LogP contribution < -0.4 is 5.32 Å². The van der Waals surface area contributed by atoms with E-state index >= 15 is 0 Å². The Balaban J connectivity index is 1.34. The van der Waals surface area contributed by atoms with Crippen molar-refractivity contribution in [3.05, 3.63) is 41.9 Å². The molecule has 1 N–H and O–H groups in total. The van der Waals surface area contributed by atoms with E-state index in [2.05, 4.69) is 10.3 Å². The second kappa shape index (κ2) is 8.78. The van der Waals surface area contributed by atoms with Crippen molar-refractivity contribution in [1.29, 1.82) is 0 Å². The van der Waals surface area contributed by atoms with Crippen LogP contribution >= 0.6 is 0 Å². The lowest BCUT2D eigenvalue weighted by Crippen LogP contribution is -2.57.